The number of benzene rings is 1. The van der Waals surface area contributed by atoms with Gasteiger partial charge in [0.05, 0.1) is 7.11 Å². The van der Waals surface area contributed by atoms with Crippen molar-refractivity contribution in [2.45, 2.75) is 0 Å². The van der Waals surface area contributed by atoms with Crippen LogP contribution in [0, 0.1) is 0 Å². The van der Waals surface area contributed by atoms with E-state index in [2.05, 4.69) is 4.74 Å². The van der Waals surface area contributed by atoms with Crippen LogP contribution in [0.4, 0.5) is 4.79 Å². The highest BCUT2D eigenvalue weighted by Crippen LogP contribution is 2.13. The predicted molar refractivity (Wildman–Crippen MR) is 56.1 cm³/mol. The van der Waals surface area contributed by atoms with Crippen molar-refractivity contribution >= 4 is 18.2 Å². The van der Waals surface area contributed by atoms with Gasteiger partial charge < -0.3 is 14.6 Å². The topological polar surface area (TPSA) is 72.8 Å². The van der Waals surface area contributed by atoms with E-state index in [-0.39, 0.29) is 0 Å². The molecule has 0 fully saturated rings. The molecular weight excluding hydrogens is 212 g/mol. The second kappa shape index (κ2) is 5.55. The van der Waals surface area contributed by atoms with Gasteiger partial charge in [0.1, 0.15) is 5.75 Å². The maximum absolute atomic E-state index is 10.7. The molecule has 0 saturated carbocycles. The van der Waals surface area contributed by atoms with E-state index in [1.54, 1.807) is 24.3 Å². The Morgan fingerprint density at radius 3 is 2.38 bits per heavy atom. The summed E-state index contributed by atoms with van der Waals surface area (Å²) in [7, 11) is 1.21. The zero-order chi connectivity index (χ0) is 12.0. The second-order valence-electron chi connectivity index (χ2n) is 2.80. The van der Waals surface area contributed by atoms with Crippen LogP contribution in [-0.2, 0) is 9.53 Å². The van der Waals surface area contributed by atoms with Gasteiger partial charge in [0.2, 0.25) is 0 Å². The largest absolute Gasteiger partial charge is 0.513 e. The summed E-state index contributed by atoms with van der Waals surface area (Å²) in [5.41, 5.74) is 0.694. The minimum absolute atomic E-state index is 0.333. The lowest BCUT2D eigenvalue weighted by molar-refractivity contribution is -0.131. The highest BCUT2D eigenvalue weighted by atomic mass is 16.7. The van der Waals surface area contributed by atoms with Crippen LogP contribution in [0.3, 0.4) is 0 Å². The summed E-state index contributed by atoms with van der Waals surface area (Å²) in [6.07, 6.45) is 1.66. The number of carbonyl (C=O) groups is 2. The van der Waals surface area contributed by atoms with Crippen molar-refractivity contribution in [1.82, 2.24) is 0 Å². The fraction of sp³-hybridized carbons (Fsp3) is 0.0909. The van der Waals surface area contributed by atoms with Gasteiger partial charge in [-0.2, -0.15) is 0 Å². The standard InChI is InChI=1S/C11H10O5/c1-15-11(14)16-9-5-2-8(3-6-9)4-7-10(12)13/h2-7H,1H3,(H,12,13)/b7-4+. The Balaban J connectivity index is 2.68. The number of carboxylic acids is 1. The van der Waals surface area contributed by atoms with Crippen LogP contribution in [0.25, 0.3) is 6.08 Å². The van der Waals surface area contributed by atoms with Crippen molar-refractivity contribution in [3.05, 3.63) is 35.9 Å². The molecular formula is C11H10O5. The molecule has 1 N–H and O–H groups in total. The number of methoxy groups -OCH3 is 1. The van der Waals surface area contributed by atoms with Gasteiger partial charge in [0, 0.05) is 6.08 Å². The van der Waals surface area contributed by atoms with Gasteiger partial charge in [-0.15, -0.1) is 0 Å². The molecule has 1 rings (SSSR count). The van der Waals surface area contributed by atoms with Gasteiger partial charge in [0.25, 0.3) is 0 Å². The number of aliphatic carboxylic acids is 1. The van der Waals surface area contributed by atoms with E-state index in [0.29, 0.717) is 11.3 Å². The monoisotopic (exact) mass is 222 g/mol. The normalized spacial score (nSPS) is 10.1. The summed E-state index contributed by atoms with van der Waals surface area (Å²) in [5, 5.41) is 8.41. The zero-order valence-corrected chi connectivity index (χ0v) is 8.54. The number of hydrogen-bond donors (Lipinski definition) is 1. The third kappa shape index (κ3) is 3.83. The Labute approximate surface area is 91.9 Å². The molecule has 0 aliphatic heterocycles. The lowest BCUT2D eigenvalue weighted by Gasteiger charge is -2.01. The van der Waals surface area contributed by atoms with Crippen molar-refractivity contribution in [3.8, 4) is 5.75 Å². The number of carboxylic acid groups (broad SMARTS) is 1. The Bertz CT molecular complexity index is 405. The number of carbonyl (C=O) groups excluding carboxylic acids is 1. The fourth-order valence-corrected chi connectivity index (χ4v) is 0.952. The van der Waals surface area contributed by atoms with Crippen LogP contribution in [0.2, 0.25) is 0 Å². The molecule has 1 aromatic carbocycles. The van der Waals surface area contributed by atoms with Gasteiger partial charge in [0.15, 0.2) is 0 Å². The molecule has 0 radical (unpaired) electrons. The molecule has 1 aromatic rings. The second-order valence-corrected chi connectivity index (χ2v) is 2.80. The molecule has 0 aromatic heterocycles. The lowest BCUT2D eigenvalue weighted by atomic mass is 10.2. The summed E-state index contributed by atoms with van der Waals surface area (Å²) < 4.78 is 9.05. The van der Waals surface area contributed by atoms with Crippen molar-refractivity contribution in [1.29, 1.82) is 0 Å². The molecule has 0 aliphatic rings. The molecule has 0 aliphatic carbocycles. The third-order valence-corrected chi connectivity index (χ3v) is 1.67. The van der Waals surface area contributed by atoms with E-state index in [1.165, 1.54) is 13.2 Å². The predicted octanol–water partition coefficient (Wildman–Crippen LogP) is 1.93. The minimum Gasteiger partial charge on any atom is -0.478 e. The fourth-order valence-electron chi connectivity index (χ4n) is 0.952. The molecule has 5 heteroatoms. The summed E-state index contributed by atoms with van der Waals surface area (Å²) >= 11 is 0. The quantitative estimate of drug-likeness (QED) is 0.480. The molecule has 0 amide bonds. The molecule has 16 heavy (non-hydrogen) atoms. The third-order valence-electron chi connectivity index (χ3n) is 1.67. The summed E-state index contributed by atoms with van der Waals surface area (Å²) in [5.74, 6) is -0.686. The van der Waals surface area contributed by atoms with Crippen LogP contribution in [0.15, 0.2) is 30.3 Å². The highest BCUT2D eigenvalue weighted by molar-refractivity contribution is 5.85. The van der Waals surface area contributed by atoms with Gasteiger partial charge in [-0.05, 0) is 23.8 Å². The average Bonchev–Trinajstić information content (AvgIpc) is 2.28. The molecule has 0 spiro atoms. The van der Waals surface area contributed by atoms with Crippen LogP contribution in [0.1, 0.15) is 5.56 Å². The van der Waals surface area contributed by atoms with Gasteiger partial charge in [-0.1, -0.05) is 12.1 Å². The summed E-state index contributed by atoms with van der Waals surface area (Å²) in [6.45, 7) is 0. The zero-order valence-electron chi connectivity index (χ0n) is 8.54. The van der Waals surface area contributed by atoms with E-state index < -0.39 is 12.1 Å². The van der Waals surface area contributed by atoms with Gasteiger partial charge >= 0.3 is 12.1 Å². The van der Waals surface area contributed by atoms with E-state index >= 15 is 0 Å². The Kier molecular flexibility index (Phi) is 4.08. The molecule has 0 unspecified atom stereocenters. The molecule has 0 bridgehead atoms. The van der Waals surface area contributed by atoms with Crippen LogP contribution < -0.4 is 4.74 Å². The number of rotatable bonds is 3. The lowest BCUT2D eigenvalue weighted by Crippen LogP contribution is -2.06. The smallest absolute Gasteiger partial charge is 0.478 e. The Morgan fingerprint density at radius 2 is 1.88 bits per heavy atom. The maximum atomic E-state index is 10.7. The first-order valence-corrected chi connectivity index (χ1v) is 4.38. The van der Waals surface area contributed by atoms with Crippen LogP contribution in [-0.4, -0.2) is 24.3 Å². The molecule has 0 atom stereocenters. The van der Waals surface area contributed by atoms with Crippen molar-refractivity contribution in [2.24, 2.45) is 0 Å². The van der Waals surface area contributed by atoms with Crippen molar-refractivity contribution in [2.75, 3.05) is 7.11 Å². The summed E-state index contributed by atoms with van der Waals surface area (Å²) in [6, 6.07) is 6.33. The Hall–Kier alpha value is -2.30. The average molecular weight is 222 g/mol. The van der Waals surface area contributed by atoms with Crippen molar-refractivity contribution < 1.29 is 24.2 Å². The number of ether oxygens (including phenoxy) is 2. The van der Waals surface area contributed by atoms with Gasteiger partial charge in [-0.3, -0.25) is 0 Å². The molecule has 84 valence electrons. The van der Waals surface area contributed by atoms with E-state index in [0.717, 1.165) is 6.08 Å². The first-order valence-electron chi connectivity index (χ1n) is 4.38. The van der Waals surface area contributed by atoms with E-state index in [4.69, 9.17) is 9.84 Å². The summed E-state index contributed by atoms with van der Waals surface area (Å²) in [4.78, 5) is 21.0. The SMILES string of the molecule is COC(=O)Oc1ccc(/C=C/C(=O)O)cc1. The van der Waals surface area contributed by atoms with Crippen LogP contribution >= 0.6 is 0 Å². The first-order chi connectivity index (χ1) is 7.61. The minimum atomic E-state index is -1.02. The first kappa shape index (κ1) is 11.8. The maximum Gasteiger partial charge on any atom is 0.513 e. The highest BCUT2D eigenvalue weighted by Gasteiger charge is 2.02. The van der Waals surface area contributed by atoms with Gasteiger partial charge in [-0.25, -0.2) is 9.59 Å². The molecule has 0 saturated heterocycles. The molecule has 5 nitrogen and oxygen atoms in total. The van der Waals surface area contributed by atoms with E-state index in [1.807, 2.05) is 0 Å². The Morgan fingerprint density at radius 1 is 1.25 bits per heavy atom. The molecule has 0 heterocycles. The van der Waals surface area contributed by atoms with E-state index in [9.17, 15) is 9.59 Å². The number of hydrogen-bond acceptors (Lipinski definition) is 4. The van der Waals surface area contributed by atoms with Crippen LogP contribution in [0.5, 0.6) is 5.75 Å². The van der Waals surface area contributed by atoms with Crippen molar-refractivity contribution in [3.63, 3.8) is 0 Å².